The van der Waals surface area contributed by atoms with Crippen LogP contribution in [0, 0.1) is 10.8 Å². The molecule has 0 saturated carbocycles. The third-order valence-electron chi connectivity index (χ3n) is 6.43. The summed E-state index contributed by atoms with van der Waals surface area (Å²) in [7, 11) is 0. The predicted molar refractivity (Wildman–Crippen MR) is 83.8 cm³/mol. The van der Waals surface area contributed by atoms with Crippen LogP contribution in [0.1, 0.15) is 38.4 Å². The van der Waals surface area contributed by atoms with Crippen molar-refractivity contribution in [1.82, 2.24) is 9.80 Å². The first kappa shape index (κ1) is 13.7. The summed E-state index contributed by atoms with van der Waals surface area (Å²) in [4.78, 5) is 5.25. The molecule has 4 fully saturated rings. The highest BCUT2D eigenvalue weighted by Gasteiger charge is 2.63. The lowest BCUT2D eigenvalue weighted by molar-refractivity contribution is -0.266. The average molecular weight is 286 g/mol. The van der Waals surface area contributed by atoms with E-state index in [0.29, 0.717) is 6.17 Å². The first-order chi connectivity index (χ1) is 10.1. The number of hydrogen-bond acceptors (Lipinski definition) is 3. The topological polar surface area (TPSA) is 26.7 Å². The standard InChI is InChI=1S/C18H26N2O/c1-3-17-10-19-12-18(4-2,16(17)21)13-20(11-17)15(19)14-8-6-5-7-9-14/h5-9,15-16,21H,3-4,10-13H2,1-2H3. The molecule has 0 spiro atoms. The molecule has 0 aliphatic carbocycles. The van der Waals surface area contributed by atoms with Crippen molar-refractivity contribution in [3.05, 3.63) is 35.9 Å². The van der Waals surface area contributed by atoms with Gasteiger partial charge in [0, 0.05) is 37.0 Å². The van der Waals surface area contributed by atoms with Crippen molar-refractivity contribution < 1.29 is 5.11 Å². The van der Waals surface area contributed by atoms with Gasteiger partial charge in [-0.05, 0) is 18.4 Å². The van der Waals surface area contributed by atoms with Crippen LogP contribution in [0.3, 0.4) is 0 Å². The number of aliphatic hydroxyl groups excluding tert-OH is 1. The van der Waals surface area contributed by atoms with E-state index in [9.17, 15) is 5.11 Å². The maximum atomic E-state index is 11.0. The average Bonchev–Trinajstić information content (AvgIpc) is 2.52. The lowest BCUT2D eigenvalue weighted by atomic mass is 9.57. The molecule has 4 saturated heterocycles. The van der Waals surface area contributed by atoms with Crippen molar-refractivity contribution in [2.24, 2.45) is 10.8 Å². The molecular weight excluding hydrogens is 260 g/mol. The molecule has 0 radical (unpaired) electrons. The van der Waals surface area contributed by atoms with Crippen molar-refractivity contribution >= 4 is 0 Å². The molecule has 5 rings (SSSR count). The quantitative estimate of drug-likeness (QED) is 0.925. The van der Waals surface area contributed by atoms with Gasteiger partial charge in [0.05, 0.1) is 12.3 Å². The van der Waals surface area contributed by atoms with Crippen molar-refractivity contribution in [2.75, 3.05) is 26.2 Å². The summed E-state index contributed by atoms with van der Waals surface area (Å²) >= 11 is 0. The monoisotopic (exact) mass is 286 g/mol. The SMILES string of the molecule is CCC12CN3CC(CC)(CN(C1)C3c1ccccc1)C2O. The molecule has 4 aliphatic heterocycles. The molecule has 21 heavy (non-hydrogen) atoms. The highest BCUT2D eigenvalue weighted by molar-refractivity contribution is 5.24. The molecule has 4 bridgehead atoms. The van der Waals surface area contributed by atoms with Gasteiger partial charge in [-0.2, -0.15) is 0 Å². The largest absolute Gasteiger partial charge is 0.392 e. The minimum Gasteiger partial charge on any atom is -0.392 e. The van der Waals surface area contributed by atoms with Gasteiger partial charge >= 0.3 is 0 Å². The summed E-state index contributed by atoms with van der Waals surface area (Å²) in [5.41, 5.74) is 1.57. The minimum absolute atomic E-state index is 0.0811. The molecule has 0 amide bonds. The maximum Gasteiger partial charge on any atom is 0.0887 e. The van der Waals surface area contributed by atoms with Gasteiger partial charge in [0.15, 0.2) is 0 Å². The first-order valence-corrected chi connectivity index (χ1v) is 8.35. The first-order valence-electron chi connectivity index (χ1n) is 8.35. The molecule has 1 aromatic carbocycles. The van der Waals surface area contributed by atoms with Gasteiger partial charge < -0.3 is 5.11 Å². The van der Waals surface area contributed by atoms with Gasteiger partial charge in [0.2, 0.25) is 0 Å². The van der Waals surface area contributed by atoms with Crippen LogP contribution in [0.4, 0.5) is 0 Å². The highest BCUT2D eigenvalue weighted by atomic mass is 16.3. The Morgan fingerprint density at radius 3 is 1.86 bits per heavy atom. The zero-order valence-corrected chi connectivity index (χ0v) is 13.1. The van der Waals surface area contributed by atoms with E-state index in [0.717, 1.165) is 39.0 Å². The van der Waals surface area contributed by atoms with Gasteiger partial charge in [-0.3, -0.25) is 9.80 Å². The van der Waals surface area contributed by atoms with Crippen molar-refractivity contribution in [3.8, 4) is 0 Å². The number of hydrogen-bond donors (Lipinski definition) is 1. The van der Waals surface area contributed by atoms with Gasteiger partial charge in [0.25, 0.3) is 0 Å². The molecule has 0 aromatic heterocycles. The number of rotatable bonds is 3. The molecule has 0 atom stereocenters. The molecule has 4 heterocycles. The smallest absolute Gasteiger partial charge is 0.0887 e. The van der Waals surface area contributed by atoms with Crippen LogP contribution < -0.4 is 0 Å². The van der Waals surface area contributed by atoms with Gasteiger partial charge in [0.1, 0.15) is 0 Å². The van der Waals surface area contributed by atoms with Crippen LogP contribution in [-0.2, 0) is 0 Å². The fourth-order valence-corrected chi connectivity index (χ4v) is 5.28. The van der Waals surface area contributed by atoms with E-state index in [1.165, 1.54) is 5.56 Å². The highest BCUT2D eigenvalue weighted by Crippen LogP contribution is 2.56. The molecule has 0 unspecified atom stereocenters. The summed E-state index contributed by atoms with van der Waals surface area (Å²) in [6.45, 7) is 8.68. The van der Waals surface area contributed by atoms with Crippen LogP contribution in [0.15, 0.2) is 30.3 Å². The van der Waals surface area contributed by atoms with Crippen molar-refractivity contribution in [2.45, 2.75) is 39.0 Å². The van der Waals surface area contributed by atoms with Crippen molar-refractivity contribution in [3.63, 3.8) is 0 Å². The Kier molecular flexibility index (Phi) is 2.97. The number of piperidine rings is 2. The molecule has 3 heteroatoms. The second-order valence-corrected chi connectivity index (χ2v) is 7.43. The van der Waals surface area contributed by atoms with Crippen LogP contribution in [0.2, 0.25) is 0 Å². The molecule has 4 aliphatic rings. The summed E-state index contributed by atoms with van der Waals surface area (Å²) in [5, 5.41) is 11.0. The van der Waals surface area contributed by atoms with Crippen LogP contribution >= 0.6 is 0 Å². The second-order valence-electron chi connectivity index (χ2n) is 7.43. The Hall–Kier alpha value is -0.900. The zero-order valence-electron chi connectivity index (χ0n) is 13.1. The van der Waals surface area contributed by atoms with E-state index < -0.39 is 0 Å². The Morgan fingerprint density at radius 1 is 0.952 bits per heavy atom. The Labute approximate surface area is 127 Å². The second kappa shape index (κ2) is 4.55. The van der Waals surface area contributed by atoms with Gasteiger partial charge in [-0.1, -0.05) is 44.2 Å². The van der Waals surface area contributed by atoms with Crippen LogP contribution in [0.25, 0.3) is 0 Å². The van der Waals surface area contributed by atoms with E-state index >= 15 is 0 Å². The fraction of sp³-hybridized carbons (Fsp3) is 0.667. The van der Waals surface area contributed by atoms with E-state index in [-0.39, 0.29) is 16.9 Å². The Morgan fingerprint density at radius 2 is 1.43 bits per heavy atom. The van der Waals surface area contributed by atoms with Gasteiger partial charge in [-0.25, -0.2) is 0 Å². The molecular formula is C18H26N2O. The number of benzene rings is 1. The summed E-state index contributed by atoms with van der Waals surface area (Å²) < 4.78 is 0. The number of aliphatic hydroxyl groups is 1. The zero-order chi connectivity index (χ0) is 14.7. The lowest BCUT2D eigenvalue weighted by Crippen LogP contribution is -2.78. The Balaban J connectivity index is 1.75. The fourth-order valence-electron chi connectivity index (χ4n) is 5.28. The Bertz CT molecular complexity index is 489. The molecule has 114 valence electrons. The van der Waals surface area contributed by atoms with Gasteiger partial charge in [-0.15, -0.1) is 0 Å². The predicted octanol–water partition coefficient (Wildman–Crippen LogP) is 2.48. The van der Waals surface area contributed by atoms with E-state index in [4.69, 9.17) is 0 Å². The third kappa shape index (κ3) is 1.71. The summed E-state index contributed by atoms with van der Waals surface area (Å²) in [5.74, 6) is 0. The minimum atomic E-state index is -0.135. The van der Waals surface area contributed by atoms with Crippen molar-refractivity contribution in [1.29, 1.82) is 0 Å². The van der Waals surface area contributed by atoms with E-state index in [1.54, 1.807) is 0 Å². The summed E-state index contributed by atoms with van der Waals surface area (Å²) in [6, 6.07) is 10.9. The lowest BCUT2D eigenvalue weighted by Gasteiger charge is -2.69. The van der Waals surface area contributed by atoms with Crippen LogP contribution in [-0.4, -0.2) is 47.2 Å². The molecule has 1 aromatic rings. The molecule has 1 N–H and O–H groups in total. The normalized spacial score (nSPS) is 47.8. The molecule has 3 nitrogen and oxygen atoms in total. The number of nitrogens with zero attached hydrogens (tertiary/aromatic N) is 2. The maximum absolute atomic E-state index is 11.0. The van der Waals surface area contributed by atoms with E-state index in [1.807, 2.05) is 0 Å². The van der Waals surface area contributed by atoms with E-state index in [2.05, 4.69) is 54.0 Å². The summed E-state index contributed by atoms with van der Waals surface area (Å²) in [6.07, 6.45) is 2.43. The third-order valence-corrected chi connectivity index (χ3v) is 6.43. The van der Waals surface area contributed by atoms with Crippen LogP contribution in [0.5, 0.6) is 0 Å².